The first-order valence-electron chi connectivity index (χ1n) is 12.6. The molecule has 194 valence electrons. The zero-order chi connectivity index (χ0) is 26.3. The van der Waals surface area contributed by atoms with E-state index in [0.717, 1.165) is 66.6 Å². The third kappa shape index (κ3) is 5.92. The standard InChI is InChI=1S/C30H32N6O2/c1-37-25-12-8-23(9-13-25)27-20-32-30(33-28(27)24-10-14-26(38-2)15-11-24)34-29(31)36-18-16-35(17-19-36)21-22-6-4-3-5-7-22/h3-15,20H,16-19,21H2,1-2H3,(H2,31,32,33,34). The van der Waals surface area contributed by atoms with Crippen molar-refractivity contribution in [1.82, 2.24) is 19.8 Å². The maximum absolute atomic E-state index is 6.43. The Kier molecular flexibility index (Phi) is 7.80. The number of methoxy groups -OCH3 is 2. The Labute approximate surface area is 223 Å². The molecule has 3 aromatic carbocycles. The minimum absolute atomic E-state index is 0.331. The molecule has 0 bridgehead atoms. The van der Waals surface area contributed by atoms with E-state index in [1.807, 2.05) is 54.6 Å². The lowest BCUT2D eigenvalue weighted by molar-refractivity contribution is 0.174. The molecule has 0 aliphatic carbocycles. The molecule has 4 aromatic rings. The number of aromatic nitrogens is 2. The van der Waals surface area contributed by atoms with Crippen LogP contribution in [0.15, 0.2) is 90.1 Å². The van der Waals surface area contributed by atoms with Gasteiger partial charge in [0.05, 0.1) is 19.9 Å². The highest BCUT2D eigenvalue weighted by Crippen LogP contribution is 2.33. The van der Waals surface area contributed by atoms with Crippen molar-refractivity contribution in [2.75, 3.05) is 40.4 Å². The van der Waals surface area contributed by atoms with Crippen LogP contribution in [-0.4, -0.2) is 66.1 Å². The van der Waals surface area contributed by atoms with Gasteiger partial charge in [-0.25, -0.2) is 9.97 Å². The molecule has 2 N–H and O–H groups in total. The van der Waals surface area contributed by atoms with Crippen molar-refractivity contribution < 1.29 is 9.47 Å². The highest BCUT2D eigenvalue weighted by atomic mass is 16.5. The van der Waals surface area contributed by atoms with E-state index < -0.39 is 0 Å². The van der Waals surface area contributed by atoms with Crippen molar-refractivity contribution in [3.05, 3.63) is 90.6 Å². The molecular formula is C30H32N6O2. The number of nitrogens with two attached hydrogens (primary N) is 1. The number of piperazine rings is 1. The minimum atomic E-state index is 0.331. The summed E-state index contributed by atoms with van der Waals surface area (Å²) in [7, 11) is 3.31. The number of hydrogen-bond donors (Lipinski definition) is 1. The number of rotatable bonds is 7. The number of benzene rings is 3. The van der Waals surface area contributed by atoms with Crippen molar-refractivity contribution in [2.24, 2.45) is 10.7 Å². The first-order chi connectivity index (χ1) is 18.6. The van der Waals surface area contributed by atoms with Crippen LogP contribution >= 0.6 is 0 Å². The molecule has 0 saturated carbocycles. The minimum Gasteiger partial charge on any atom is -0.497 e. The van der Waals surface area contributed by atoms with Gasteiger partial charge in [-0.1, -0.05) is 42.5 Å². The van der Waals surface area contributed by atoms with E-state index in [4.69, 9.17) is 20.2 Å². The van der Waals surface area contributed by atoms with Gasteiger partial charge in [-0.2, -0.15) is 4.99 Å². The molecule has 8 heteroatoms. The molecular weight excluding hydrogens is 476 g/mol. The molecule has 0 spiro atoms. The van der Waals surface area contributed by atoms with E-state index in [0.29, 0.717) is 11.9 Å². The summed E-state index contributed by atoms with van der Waals surface area (Å²) in [4.78, 5) is 18.5. The topological polar surface area (TPSA) is 89.1 Å². The van der Waals surface area contributed by atoms with Gasteiger partial charge in [-0.05, 0) is 47.5 Å². The maximum atomic E-state index is 6.43. The summed E-state index contributed by atoms with van der Waals surface area (Å²) < 4.78 is 10.7. The van der Waals surface area contributed by atoms with E-state index in [-0.39, 0.29) is 0 Å². The quantitative estimate of drug-likeness (QED) is 0.288. The Balaban J connectivity index is 1.37. The van der Waals surface area contributed by atoms with Gasteiger partial charge in [-0.15, -0.1) is 0 Å². The van der Waals surface area contributed by atoms with Crippen LogP contribution in [0.4, 0.5) is 5.95 Å². The Morgan fingerprint density at radius 1 is 0.816 bits per heavy atom. The Morgan fingerprint density at radius 2 is 1.42 bits per heavy atom. The van der Waals surface area contributed by atoms with E-state index >= 15 is 0 Å². The zero-order valence-corrected chi connectivity index (χ0v) is 21.7. The molecule has 0 radical (unpaired) electrons. The smallest absolute Gasteiger partial charge is 0.253 e. The van der Waals surface area contributed by atoms with Gasteiger partial charge >= 0.3 is 0 Å². The molecule has 5 rings (SSSR count). The first-order valence-corrected chi connectivity index (χ1v) is 12.6. The molecule has 1 aliphatic rings. The van der Waals surface area contributed by atoms with Crippen LogP contribution in [0.25, 0.3) is 22.4 Å². The zero-order valence-electron chi connectivity index (χ0n) is 21.7. The second-order valence-corrected chi connectivity index (χ2v) is 9.11. The van der Waals surface area contributed by atoms with E-state index in [9.17, 15) is 0 Å². The molecule has 38 heavy (non-hydrogen) atoms. The number of nitrogens with zero attached hydrogens (tertiary/aromatic N) is 5. The summed E-state index contributed by atoms with van der Waals surface area (Å²) in [6, 6.07) is 26.2. The lowest BCUT2D eigenvalue weighted by atomic mass is 10.0. The van der Waals surface area contributed by atoms with Crippen molar-refractivity contribution in [1.29, 1.82) is 0 Å². The van der Waals surface area contributed by atoms with Crippen molar-refractivity contribution >= 4 is 11.9 Å². The van der Waals surface area contributed by atoms with Crippen LogP contribution in [0.1, 0.15) is 5.56 Å². The summed E-state index contributed by atoms with van der Waals surface area (Å²) in [5.74, 6) is 2.33. The highest BCUT2D eigenvalue weighted by molar-refractivity contribution is 5.83. The first kappa shape index (κ1) is 25.2. The number of guanidine groups is 1. The average Bonchev–Trinajstić information content (AvgIpc) is 2.98. The fraction of sp³-hybridized carbons (Fsp3) is 0.233. The monoisotopic (exact) mass is 508 g/mol. The van der Waals surface area contributed by atoms with Gasteiger partial charge in [0, 0.05) is 50.0 Å². The molecule has 1 saturated heterocycles. The van der Waals surface area contributed by atoms with E-state index in [1.165, 1.54) is 5.56 Å². The molecule has 2 heterocycles. The van der Waals surface area contributed by atoms with Gasteiger partial charge in [0.1, 0.15) is 11.5 Å². The van der Waals surface area contributed by atoms with Gasteiger partial charge in [0.25, 0.3) is 5.95 Å². The Bertz CT molecular complexity index is 1370. The van der Waals surface area contributed by atoms with Gasteiger partial charge in [0.15, 0.2) is 5.96 Å². The van der Waals surface area contributed by atoms with Crippen LogP contribution in [0.5, 0.6) is 11.5 Å². The molecule has 1 fully saturated rings. The summed E-state index contributed by atoms with van der Waals surface area (Å²) in [6.45, 7) is 4.38. The molecule has 0 atom stereocenters. The fourth-order valence-corrected chi connectivity index (χ4v) is 4.53. The largest absolute Gasteiger partial charge is 0.497 e. The van der Waals surface area contributed by atoms with Crippen molar-refractivity contribution in [3.63, 3.8) is 0 Å². The predicted molar refractivity (Wildman–Crippen MR) is 151 cm³/mol. The van der Waals surface area contributed by atoms with Crippen LogP contribution in [0.3, 0.4) is 0 Å². The third-order valence-corrected chi connectivity index (χ3v) is 6.70. The third-order valence-electron chi connectivity index (χ3n) is 6.70. The predicted octanol–water partition coefficient (Wildman–Crippen LogP) is 4.59. The SMILES string of the molecule is COc1ccc(-c2cnc(N=C(N)N3CCN(Cc4ccccc4)CC3)nc2-c2ccc(OC)cc2)cc1. The molecule has 1 aliphatic heterocycles. The number of hydrogen-bond acceptors (Lipinski definition) is 6. The molecule has 0 unspecified atom stereocenters. The van der Waals surface area contributed by atoms with Crippen molar-refractivity contribution in [3.8, 4) is 33.9 Å². The lowest BCUT2D eigenvalue weighted by Gasteiger charge is -2.35. The highest BCUT2D eigenvalue weighted by Gasteiger charge is 2.19. The van der Waals surface area contributed by atoms with Gasteiger partial charge in [0.2, 0.25) is 0 Å². The Morgan fingerprint density at radius 3 is 2.03 bits per heavy atom. The Hall–Kier alpha value is -4.43. The van der Waals surface area contributed by atoms with Gasteiger partial charge in [-0.3, -0.25) is 4.90 Å². The van der Waals surface area contributed by atoms with Gasteiger partial charge < -0.3 is 20.1 Å². The van der Waals surface area contributed by atoms with Crippen LogP contribution in [-0.2, 0) is 6.54 Å². The summed E-state index contributed by atoms with van der Waals surface area (Å²) in [5.41, 5.74) is 11.3. The number of ether oxygens (including phenoxy) is 2. The van der Waals surface area contributed by atoms with E-state index in [1.54, 1.807) is 20.4 Å². The number of aliphatic imine (C=N–C) groups is 1. The fourth-order valence-electron chi connectivity index (χ4n) is 4.53. The molecule has 0 amide bonds. The van der Waals surface area contributed by atoms with Crippen LogP contribution in [0.2, 0.25) is 0 Å². The lowest BCUT2D eigenvalue weighted by Crippen LogP contribution is -2.50. The average molecular weight is 509 g/mol. The second-order valence-electron chi connectivity index (χ2n) is 9.11. The van der Waals surface area contributed by atoms with Crippen LogP contribution in [0, 0.1) is 0 Å². The summed E-state index contributed by atoms with van der Waals surface area (Å²) in [5, 5.41) is 0. The summed E-state index contributed by atoms with van der Waals surface area (Å²) in [6.07, 6.45) is 1.80. The molecule has 8 nitrogen and oxygen atoms in total. The van der Waals surface area contributed by atoms with E-state index in [2.05, 4.69) is 44.0 Å². The normalized spacial score (nSPS) is 14.4. The van der Waals surface area contributed by atoms with Crippen molar-refractivity contribution in [2.45, 2.75) is 6.54 Å². The second kappa shape index (κ2) is 11.7. The van der Waals surface area contributed by atoms with Crippen LogP contribution < -0.4 is 15.2 Å². The summed E-state index contributed by atoms with van der Waals surface area (Å²) >= 11 is 0. The molecule has 1 aromatic heterocycles. The maximum Gasteiger partial charge on any atom is 0.253 e.